The molecule has 128 valence electrons. The van der Waals surface area contributed by atoms with Gasteiger partial charge in [0.2, 0.25) is 0 Å². The molecule has 0 aliphatic carbocycles. The van der Waals surface area contributed by atoms with E-state index in [0.717, 1.165) is 26.2 Å². The molecule has 1 N–H and O–H groups in total. The molecule has 1 aliphatic heterocycles. The molecule has 4 nitrogen and oxygen atoms in total. The van der Waals surface area contributed by atoms with E-state index in [9.17, 15) is 4.39 Å². The zero-order valence-corrected chi connectivity index (χ0v) is 14.2. The molecule has 0 amide bonds. The first-order valence-corrected chi connectivity index (χ1v) is 8.53. The van der Waals surface area contributed by atoms with Crippen molar-refractivity contribution in [3.63, 3.8) is 0 Å². The molecule has 1 saturated heterocycles. The second-order valence-corrected chi connectivity index (χ2v) is 6.40. The van der Waals surface area contributed by atoms with Crippen LogP contribution in [0.25, 0.3) is 0 Å². The van der Waals surface area contributed by atoms with Crippen molar-refractivity contribution in [1.29, 1.82) is 0 Å². The minimum atomic E-state index is -0.292. The molecule has 1 aromatic carbocycles. The fourth-order valence-corrected chi connectivity index (χ4v) is 3.22. The van der Waals surface area contributed by atoms with E-state index < -0.39 is 0 Å². The number of likely N-dealkylation sites (N-methyl/N-ethyl adjacent to an activating group) is 1. The van der Waals surface area contributed by atoms with Gasteiger partial charge in [-0.2, -0.15) is 0 Å². The first-order valence-electron chi connectivity index (χ1n) is 8.53. The first kappa shape index (κ1) is 16.9. The minimum absolute atomic E-state index is 0.292. The summed E-state index contributed by atoms with van der Waals surface area (Å²) in [6.45, 7) is 4.76. The van der Waals surface area contributed by atoms with Crippen LogP contribution in [0.2, 0.25) is 0 Å². The second-order valence-electron chi connectivity index (χ2n) is 6.40. The number of nitrogens with zero attached hydrogens (tertiary/aromatic N) is 3. The van der Waals surface area contributed by atoms with Gasteiger partial charge >= 0.3 is 0 Å². The van der Waals surface area contributed by atoms with Crippen LogP contribution in [0.15, 0.2) is 48.7 Å². The zero-order chi connectivity index (χ0) is 16.8. The Morgan fingerprint density at radius 2 is 2.08 bits per heavy atom. The van der Waals surface area contributed by atoms with Crippen LogP contribution in [-0.4, -0.2) is 54.1 Å². The second kappa shape index (κ2) is 8.22. The molecule has 5 heteroatoms. The lowest BCUT2D eigenvalue weighted by atomic mass is 10.1. The van der Waals surface area contributed by atoms with Crippen LogP contribution < -0.4 is 5.32 Å². The number of rotatable bonds is 7. The molecule has 2 heterocycles. The highest BCUT2D eigenvalue weighted by Gasteiger charge is 2.25. The molecule has 1 fully saturated rings. The Morgan fingerprint density at radius 3 is 2.88 bits per heavy atom. The summed E-state index contributed by atoms with van der Waals surface area (Å²) in [6.07, 6.45) is 2.79. The summed E-state index contributed by atoms with van der Waals surface area (Å²) in [5.41, 5.74) is 1.35. The van der Waals surface area contributed by atoms with Gasteiger partial charge in [0, 0.05) is 38.4 Å². The van der Waals surface area contributed by atoms with Crippen molar-refractivity contribution < 1.29 is 4.39 Å². The summed E-state index contributed by atoms with van der Waals surface area (Å²) in [7, 11) is 2.20. The van der Waals surface area contributed by atoms with Crippen molar-refractivity contribution in [1.82, 2.24) is 14.8 Å². The molecule has 1 unspecified atom stereocenters. The third-order valence-electron chi connectivity index (χ3n) is 4.62. The van der Waals surface area contributed by atoms with E-state index in [4.69, 9.17) is 0 Å². The van der Waals surface area contributed by atoms with Gasteiger partial charge < -0.3 is 5.32 Å². The number of hydrogen-bond donors (Lipinski definition) is 1. The number of pyridine rings is 1. The van der Waals surface area contributed by atoms with Gasteiger partial charge in [-0.3, -0.25) is 9.80 Å². The number of halogens is 1. The number of benzene rings is 1. The maximum atomic E-state index is 13.5. The Balaban J connectivity index is 1.41. The van der Waals surface area contributed by atoms with Gasteiger partial charge in [0.15, 0.2) is 11.6 Å². The van der Waals surface area contributed by atoms with E-state index in [1.807, 2.05) is 0 Å². The average molecular weight is 328 g/mol. The fourth-order valence-electron chi connectivity index (χ4n) is 3.22. The average Bonchev–Trinajstić information content (AvgIpc) is 3.07. The number of likely N-dealkylation sites (tertiary alicyclic amines) is 1. The van der Waals surface area contributed by atoms with Gasteiger partial charge in [-0.05, 0) is 37.7 Å². The summed E-state index contributed by atoms with van der Waals surface area (Å²) in [5, 5.41) is 3.08. The van der Waals surface area contributed by atoms with Crippen molar-refractivity contribution in [3.05, 3.63) is 60.0 Å². The number of hydrogen-bond acceptors (Lipinski definition) is 4. The third-order valence-corrected chi connectivity index (χ3v) is 4.62. The van der Waals surface area contributed by atoms with Gasteiger partial charge in [-0.25, -0.2) is 9.37 Å². The molecule has 0 radical (unpaired) electrons. The Kier molecular flexibility index (Phi) is 5.77. The highest BCUT2D eigenvalue weighted by Crippen LogP contribution is 2.16. The fraction of sp³-hybridized carbons (Fsp3) is 0.421. The summed E-state index contributed by atoms with van der Waals surface area (Å²) in [6, 6.07) is 14.2. The third kappa shape index (κ3) is 4.52. The molecule has 24 heavy (non-hydrogen) atoms. The molecule has 2 aromatic rings. The van der Waals surface area contributed by atoms with Crippen molar-refractivity contribution in [3.8, 4) is 0 Å². The first-order chi connectivity index (χ1) is 11.7. The molecular weight excluding hydrogens is 303 g/mol. The largest absolute Gasteiger partial charge is 0.366 e. The summed E-state index contributed by atoms with van der Waals surface area (Å²) >= 11 is 0. The van der Waals surface area contributed by atoms with Gasteiger partial charge in [-0.15, -0.1) is 0 Å². The van der Waals surface area contributed by atoms with E-state index in [1.165, 1.54) is 18.1 Å². The Morgan fingerprint density at radius 1 is 1.25 bits per heavy atom. The molecule has 0 spiro atoms. The highest BCUT2D eigenvalue weighted by atomic mass is 19.1. The lowest BCUT2D eigenvalue weighted by molar-refractivity contribution is 0.227. The summed E-state index contributed by atoms with van der Waals surface area (Å²) in [4.78, 5) is 8.88. The number of aromatic nitrogens is 1. The lowest BCUT2D eigenvalue weighted by Gasteiger charge is -2.25. The standard InChI is InChI=1S/C19H25FN4/c1-23(14-16-6-3-2-4-7-16)17-9-12-24(15-17)13-11-22-19-18(20)8-5-10-21-19/h2-8,10,17H,9,11-15H2,1H3,(H,21,22). The van der Waals surface area contributed by atoms with E-state index in [0.29, 0.717) is 18.4 Å². The Hall–Kier alpha value is -1.98. The Bertz CT molecular complexity index is 634. The van der Waals surface area contributed by atoms with Gasteiger partial charge in [0.25, 0.3) is 0 Å². The summed E-state index contributed by atoms with van der Waals surface area (Å²) in [5.74, 6) is 0.0498. The van der Waals surface area contributed by atoms with Crippen LogP contribution in [0, 0.1) is 5.82 Å². The van der Waals surface area contributed by atoms with Crippen molar-refractivity contribution in [2.45, 2.75) is 19.0 Å². The smallest absolute Gasteiger partial charge is 0.165 e. The van der Waals surface area contributed by atoms with E-state index in [-0.39, 0.29) is 5.82 Å². The van der Waals surface area contributed by atoms with Crippen molar-refractivity contribution in [2.24, 2.45) is 0 Å². The van der Waals surface area contributed by atoms with E-state index >= 15 is 0 Å². The number of nitrogens with one attached hydrogen (secondary N) is 1. The van der Waals surface area contributed by atoms with Gasteiger partial charge in [0.1, 0.15) is 0 Å². The Labute approximate surface area is 143 Å². The van der Waals surface area contributed by atoms with Crippen molar-refractivity contribution >= 4 is 5.82 Å². The maximum absolute atomic E-state index is 13.5. The SMILES string of the molecule is CN(Cc1ccccc1)C1CCN(CCNc2ncccc2F)C1. The van der Waals surface area contributed by atoms with Crippen LogP contribution in [-0.2, 0) is 6.54 Å². The van der Waals surface area contributed by atoms with Gasteiger partial charge in [0.05, 0.1) is 0 Å². The predicted molar refractivity (Wildman–Crippen MR) is 95.4 cm³/mol. The van der Waals surface area contributed by atoms with Crippen molar-refractivity contribution in [2.75, 3.05) is 38.5 Å². The van der Waals surface area contributed by atoms with Crippen LogP contribution >= 0.6 is 0 Å². The summed E-state index contributed by atoms with van der Waals surface area (Å²) < 4.78 is 13.5. The molecule has 1 atom stereocenters. The van der Waals surface area contributed by atoms with Crippen LogP contribution in [0.4, 0.5) is 10.2 Å². The molecule has 0 bridgehead atoms. The molecule has 3 rings (SSSR count). The van der Waals surface area contributed by atoms with E-state index in [1.54, 1.807) is 12.3 Å². The topological polar surface area (TPSA) is 31.4 Å². The maximum Gasteiger partial charge on any atom is 0.165 e. The van der Waals surface area contributed by atoms with Crippen LogP contribution in [0.1, 0.15) is 12.0 Å². The lowest BCUT2D eigenvalue weighted by Crippen LogP contribution is -2.35. The highest BCUT2D eigenvalue weighted by molar-refractivity contribution is 5.35. The molecule has 1 aromatic heterocycles. The van der Waals surface area contributed by atoms with Crippen LogP contribution in [0.3, 0.4) is 0 Å². The normalized spacial score (nSPS) is 18.2. The van der Waals surface area contributed by atoms with Gasteiger partial charge in [-0.1, -0.05) is 30.3 Å². The van der Waals surface area contributed by atoms with E-state index in [2.05, 4.69) is 57.5 Å². The quantitative estimate of drug-likeness (QED) is 0.847. The zero-order valence-electron chi connectivity index (χ0n) is 14.2. The predicted octanol–water partition coefficient (Wildman–Crippen LogP) is 2.84. The minimum Gasteiger partial charge on any atom is -0.366 e. The molecule has 0 saturated carbocycles. The molecule has 1 aliphatic rings. The molecular formula is C19H25FN4. The monoisotopic (exact) mass is 328 g/mol. The van der Waals surface area contributed by atoms with Crippen LogP contribution in [0.5, 0.6) is 0 Å². The number of anilines is 1.